The second-order valence-electron chi connectivity index (χ2n) is 7.90. The van der Waals surface area contributed by atoms with E-state index in [1.165, 1.54) is 23.5 Å². The number of aromatic nitrogens is 4. The highest BCUT2D eigenvalue weighted by Crippen LogP contribution is 2.33. The molecule has 0 aliphatic heterocycles. The average Bonchev–Trinajstić information content (AvgIpc) is 3.48. The van der Waals surface area contributed by atoms with Gasteiger partial charge in [0, 0.05) is 23.9 Å². The number of rotatable bonds is 6. The topological polar surface area (TPSA) is 73.8 Å². The summed E-state index contributed by atoms with van der Waals surface area (Å²) in [5, 5.41) is 3.97. The van der Waals surface area contributed by atoms with Crippen LogP contribution >= 0.6 is 11.3 Å². The molecular formula is C26H21FN4O2S. The fourth-order valence-electron chi connectivity index (χ4n) is 3.88. The van der Waals surface area contributed by atoms with Crippen molar-refractivity contribution in [3.8, 4) is 32.5 Å². The number of aryl methyl sites for hydroxylation is 3. The van der Waals surface area contributed by atoms with Crippen molar-refractivity contribution in [1.82, 2.24) is 19.7 Å². The minimum Gasteiger partial charge on any atom is -0.339 e. The zero-order valence-corrected chi connectivity index (χ0v) is 19.5. The van der Waals surface area contributed by atoms with Gasteiger partial charge in [0.2, 0.25) is 11.7 Å². The number of halogens is 1. The molecule has 0 bridgehead atoms. The van der Waals surface area contributed by atoms with Gasteiger partial charge in [-0.05, 0) is 43.2 Å². The summed E-state index contributed by atoms with van der Waals surface area (Å²) in [5.74, 6) is 1.04. The van der Waals surface area contributed by atoms with E-state index < -0.39 is 0 Å². The van der Waals surface area contributed by atoms with Gasteiger partial charge in [0.05, 0.1) is 16.1 Å². The van der Waals surface area contributed by atoms with Gasteiger partial charge in [0.25, 0.3) is 5.56 Å². The van der Waals surface area contributed by atoms with Gasteiger partial charge in [-0.3, -0.25) is 9.36 Å². The van der Waals surface area contributed by atoms with Gasteiger partial charge < -0.3 is 4.52 Å². The van der Waals surface area contributed by atoms with Crippen molar-refractivity contribution in [1.29, 1.82) is 0 Å². The minimum absolute atomic E-state index is 0.166. The Labute approximate surface area is 199 Å². The fraction of sp³-hybridized carbons (Fsp3) is 0.154. The smallest absolute Gasteiger partial charge is 0.262 e. The maximum atomic E-state index is 14.0. The summed E-state index contributed by atoms with van der Waals surface area (Å²) in [6.45, 7) is 3.95. The van der Waals surface area contributed by atoms with Crippen molar-refractivity contribution in [2.45, 2.75) is 26.8 Å². The molecule has 0 aliphatic carbocycles. The van der Waals surface area contributed by atoms with E-state index in [-0.39, 0.29) is 11.4 Å². The third kappa shape index (κ3) is 4.32. The molecule has 2 aromatic carbocycles. The van der Waals surface area contributed by atoms with Crippen molar-refractivity contribution in [2.75, 3.05) is 0 Å². The Morgan fingerprint density at radius 3 is 2.50 bits per heavy atom. The van der Waals surface area contributed by atoms with E-state index in [1.54, 1.807) is 30.5 Å². The third-order valence-corrected chi connectivity index (χ3v) is 6.60. The van der Waals surface area contributed by atoms with Gasteiger partial charge in [-0.25, -0.2) is 9.37 Å². The molecule has 5 aromatic rings. The number of thiophene rings is 1. The molecule has 0 N–H and O–H groups in total. The molecule has 8 heteroatoms. The molecule has 170 valence electrons. The van der Waals surface area contributed by atoms with Crippen LogP contribution in [0.5, 0.6) is 0 Å². The number of nitrogens with zero attached hydrogens (tertiary/aromatic N) is 4. The van der Waals surface area contributed by atoms with Gasteiger partial charge in [-0.15, -0.1) is 11.3 Å². The van der Waals surface area contributed by atoms with Gasteiger partial charge in [0.1, 0.15) is 11.6 Å². The largest absolute Gasteiger partial charge is 0.339 e. The van der Waals surface area contributed by atoms with Crippen LogP contribution in [0.3, 0.4) is 0 Å². The van der Waals surface area contributed by atoms with Gasteiger partial charge in [-0.2, -0.15) is 4.98 Å². The zero-order chi connectivity index (χ0) is 23.7. The molecule has 34 heavy (non-hydrogen) atoms. The van der Waals surface area contributed by atoms with Crippen LogP contribution in [0.25, 0.3) is 32.5 Å². The van der Waals surface area contributed by atoms with Gasteiger partial charge >= 0.3 is 0 Å². The average molecular weight is 473 g/mol. The first-order chi connectivity index (χ1) is 16.5. The Bertz CT molecular complexity index is 1520. The predicted molar refractivity (Wildman–Crippen MR) is 130 cm³/mol. The molecule has 5 rings (SSSR count). The van der Waals surface area contributed by atoms with Crippen LogP contribution in [0.4, 0.5) is 4.39 Å². The first-order valence-corrected chi connectivity index (χ1v) is 11.6. The van der Waals surface area contributed by atoms with Crippen LogP contribution in [0.1, 0.15) is 17.1 Å². The fourth-order valence-corrected chi connectivity index (χ4v) is 4.90. The lowest BCUT2D eigenvalue weighted by Crippen LogP contribution is -2.26. The van der Waals surface area contributed by atoms with Crippen LogP contribution in [0.2, 0.25) is 0 Å². The Morgan fingerprint density at radius 1 is 0.971 bits per heavy atom. The lowest BCUT2D eigenvalue weighted by atomic mass is 10.1. The monoisotopic (exact) mass is 472 g/mol. The summed E-state index contributed by atoms with van der Waals surface area (Å²) >= 11 is 1.41. The summed E-state index contributed by atoms with van der Waals surface area (Å²) in [7, 11) is 0. The second-order valence-corrected chi connectivity index (χ2v) is 8.98. The maximum Gasteiger partial charge on any atom is 0.262 e. The van der Waals surface area contributed by atoms with Crippen molar-refractivity contribution < 1.29 is 8.91 Å². The van der Waals surface area contributed by atoms with E-state index in [9.17, 15) is 9.18 Å². The quantitative estimate of drug-likeness (QED) is 0.318. The first kappa shape index (κ1) is 21.9. The summed E-state index contributed by atoms with van der Waals surface area (Å²) < 4.78 is 20.7. The third-order valence-electron chi connectivity index (χ3n) is 5.50. The van der Waals surface area contributed by atoms with Crippen LogP contribution in [0, 0.1) is 19.7 Å². The number of benzene rings is 2. The first-order valence-electron chi connectivity index (χ1n) is 10.8. The lowest BCUT2D eigenvalue weighted by Gasteiger charge is -2.16. The number of hydrogen-bond acceptors (Lipinski definition) is 6. The highest BCUT2D eigenvalue weighted by atomic mass is 32.1. The van der Waals surface area contributed by atoms with Gasteiger partial charge in [-0.1, -0.05) is 47.6 Å². The van der Waals surface area contributed by atoms with Crippen molar-refractivity contribution in [3.63, 3.8) is 0 Å². The van der Waals surface area contributed by atoms with Crippen LogP contribution in [-0.2, 0) is 13.0 Å². The van der Waals surface area contributed by atoms with Crippen LogP contribution < -0.4 is 5.56 Å². The molecule has 3 aromatic heterocycles. The number of hydrogen-bond donors (Lipinski definition) is 0. The molecule has 0 aliphatic rings. The van der Waals surface area contributed by atoms with Crippen molar-refractivity contribution >= 4 is 11.3 Å². The van der Waals surface area contributed by atoms with Crippen molar-refractivity contribution in [3.05, 3.63) is 100 Å². The van der Waals surface area contributed by atoms with Crippen LogP contribution in [-0.4, -0.2) is 19.7 Å². The summed E-state index contributed by atoms with van der Waals surface area (Å²) in [6.07, 6.45) is 0.644. The summed E-state index contributed by atoms with van der Waals surface area (Å²) in [5.41, 5.74) is 2.60. The maximum absolute atomic E-state index is 14.0. The molecular weight excluding hydrogens is 451 g/mol. The van der Waals surface area contributed by atoms with E-state index in [2.05, 4.69) is 10.1 Å². The molecule has 0 unspecified atom stereocenters. The Morgan fingerprint density at radius 2 is 1.76 bits per heavy atom. The molecule has 0 spiro atoms. The molecule has 6 nitrogen and oxygen atoms in total. The van der Waals surface area contributed by atoms with Crippen LogP contribution in [0.15, 0.2) is 76.0 Å². The predicted octanol–water partition coefficient (Wildman–Crippen LogP) is 5.69. The molecule has 0 radical (unpaired) electrons. The molecule has 0 fully saturated rings. The SMILES string of the molecule is Cc1nc(-c2ccc(-c3c(C)nc(-c4cccc(F)c4)n(CCc4ccccc4)c3=O)s2)no1. The molecule has 3 heterocycles. The van der Waals surface area contributed by atoms with Crippen molar-refractivity contribution in [2.24, 2.45) is 0 Å². The summed E-state index contributed by atoms with van der Waals surface area (Å²) in [4.78, 5) is 24.4. The molecule has 0 saturated heterocycles. The Kier molecular flexibility index (Phi) is 5.90. The van der Waals surface area contributed by atoms with E-state index in [0.717, 1.165) is 15.3 Å². The summed E-state index contributed by atoms with van der Waals surface area (Å²) in [6, 6.07) is 19.9. The molecule has 0 saturated carbocycles. The standard InChI is InChI=1S/C26H21FN4O2S/c1-16-23(21-11-12-22(34-21)24-29-17(2)33-30-24)26(32)31(14-13-18-7-4-3-5-8-18)25(28-16)19-9-6-10-20(27)15-19/h3-12,15H,13-14H2,1-2H3. The van der Waals surface area contributed by atoms with E-state index in [1.807, 2.05) is 42.5 Å². The lowest BCUT2D eigenvalue weighted by molar-refractivity contribution is 0.394. The Hall–Kier alpha value is -3.91. The van der Waals surface area contributed by atoms with E-state index >= 15 is 0 Å². The van der Waals surface area contributed by atoms with E-state index in [0.29, 0.717) is 47.3 Å². The second kappa shape index (κ2) is 9.15. The highest BCUT2D eigenvalue weighted by Gasteiger charge is 2.20. The molecule has 0 atom stereocenters. The highest BCUT2D eigenvalue weighted by molar-refractivity contribution is 7.18. The minimum atomic E-state index is -0.374. The Balaban J connectivity index is 1.62. The van der Waals surface area contributed by atoms with E-state index in [4.69, 9.17) is 9.51 Å². The molecule has 0 amide bonds. The normalized spacial score (nSPS) is 11.1. The zero-order valence-electron chi connectivity index (χ0n) is 18.7. The van der Waals surface area contributed by atoms with Gasteiger partial charge in [0.15, 0.2) is 0 Å².